The minimum Gasteiger partial charge on any atom is -0.507 e. The third-order valence-electron chi connectivity index (χ3n) is 5.64. The lowest BCUT2D eigenvalue weighted by Crippen LogP contribution is -2.60. The van der Waals surface area contributed by atoms with Gasteiger partial charge in [-0.25, -0.2) is 0 Å². The van der Waals surface area contributed by atoms with Gasteiger partial charge in [-0.2, -0.15) is 0 Å². The molecule has 5 atom stereocenters. The fourth-order valence-corrected chi connectivity index (χ4v) is 3.78. The maximum absolute atomic E-state index is 11.9. The summed E-state index contributed by atoms with van der Waals surface area (Å²) in [5.41, 5.74) is -0.187. The van der Waals surface area contributed by atoms with Crippen LogP contribution < -0.4 is 19.6 Å². The second-order valence-corrected chi connectivity index (χ2v) is 7.84. The van der Waals surface area contributed by atoms with Crippen LogP contribution >= 0.6 is 12.4 Å². The van der Waals surface area contributed by atoms with Gasteiger partial charge in [-0.15, -0.1) is 12.4 Å². The number of hydrogen-bond donors (Lipinski definition) is 6. The minimum absolute atomic E-state index is 0. The van der Waals surface area contributed by atoms with E-state index in [-0.39, 0.29) is 58.1 Å². The molecule has 0 bridgehead atoms. The molecule has 0 amide bonds. The average Bonchev–Trinajstić information content (AvgIpc) is 2.84. The number of aromatic hydroxyl groups is 2. The predicted molar refractivity (Wildman–Crippen MR) is 125 cm³/mol. The van der Waals surface area contributed by atoms with E-state index >= 15 is 0 Å². The Kier molecular flexibility index (Phi) is 8.19. The van der Waals surface area contributed by atoms with Crippen LogP contribution in [-0.2, 0) is 4.74 Å². The maximum Gasteiger partial charge on any atom is 0.229 e. The highest BCUT2D eigenvalue weighted by Gasteiger charge is 2.45. The number of hydrogen-bond acceptors (Lipinski definition) is 12. The Balaban J connectivity index is 0.00000361. The molecule has 196 valence electrons. The first-order chi connectivity index (χ1) is 16.7. The Bertz CT molecular complexity index is 1220. The summed E-state index contributed by atoms with van der Waals surface area (Å²) in [5, 5.41) is 60.6. The molecule has 0 aromatic heterocycles. The van der Waals surface area contributed by atoms with Gasteiger partial charge in [0.2, 0.25) is 12.0 Å². The number of aliphatic hydroxyl groups excluding tert-OH is 4. The standard InChI is InChI=1S/C23H24O12.ClH/c1-31-14-3-9(4-15(32-2)18(14)27)22-16(7-11-12(26)5-10(25)6-13(11)33-22)34-23-21(30)20(29)19(28)17(8-24)35-23;/h3-7,17,19-21,23-24,26-30H,8H2,1-2H3;1H/t17-,19+,20+,21-,23-;/m1./s1. The molecule has 12 nitrogen and oxygen atoms in total. The van der Waals surface area contributed by atoms with Crippen molar-refractivity contribution < 1.29 is 54.0 Å². The Labute approximate surface area is 210 Å². The normalized spacial score (nSPS) is 23.7. The lowest BCUT2D eigenvalue weighted by atomic mass is 9.99. The van der Waals surface area contributed by atoms with Crippen molar-refractivity contribution in [3.8, 4) is 51.4 Å². The number of benzene rings is 2. The van der Waals surface area contributed by atoms with Gasteiger partial charge >= 0.3 is 0 Å². The molecule has 2 aliphatic heterocycles. The van der Waals surface area contributed by atoms with Crippen molar-refractivity contribution in [3.05, 3.63) is 40.6 Å². The van der Waals surface area contributed by atoms with Crippen LogP contribution in [0.25, 0.3) is 22.6 Å². The summed E-state index contributed by atoms with van der Waals surface area (Å²) in [6.45, 7) is -0.667. The Hall–Kier alpha value is -3.26. The lowest BCUT2D eigenvalue weighted by molar-refractivity contribution is -0.277. The fourth-order valence-electron chi connectivity index (χ4n) is 3.78. The smallest absolute Gasteiger partial charge is 0.229 e. The zero-order valence-corrected chi connectivity index (χ0v) is 19.8. The van der Waals surface area contributed by atoms with Crippen molar-refractivity contribution >= 4 is 12.4 Å². The van der Waals surface area contributed by atoms with Gasteiger partial charge in [0.25, 0.3) is 0 Å². The highest BCUT2D eigenvalue weighted by atomic mass is 35.5. The highest BCUT2D eigenvalue weighted by Crippen LogP contribution is 2.46. The molecule has 2 heterocycles. The highest BCUT2D eigenvalue weighted by molar-refractivity contribution is 5.85. The van der Waals surface area contributed by atoms with Gasteiger partial charge in [0.1, 0.15) is 35.9 Å². The van der Waals surface area contributed by atoms with Crippen molar-refractivity contribution in [2.75, 3.05) is 20.8 Å². The third-order valence-corrected chi connectivity index (χ3v) is 5.64. The molecule has 4 rings (SSSR count). The van der Waals surface area contributed by atoms with Crippen LogP contribution in [0.3, 0.4) is 0 Å². The molecule has 0 radical (unpaired) electrons. The summed E-state index contributed by atoms with van der Waals surface area (Å²) in [5.74, 6) is -0.806. The van der Waals surface area contributed by atoms with Crippen molar-refractivity contribution in [2.24, 2.45) is 0 Å². The molecule has 1 saturated heterocycles. The summed E-state index contributed by atoms with van der Waals surface area (Å²) in [7, 11) is 2.64. The van der Waals surface area contributed by atoms with Crippen LogP contribution in [0.5, 0.6) is 28.7 Å². The van der Waals surface area contributed by atoms with E-state index in [1.54, 1.807) is 0 Å². The van der Waals surface area contributed by atoms with Crippen molar-refractivity contribution in [2.45, 2.75) is 30.7 Å². The topological polar surface area (TPSA) is 189 Å². The van der Waals surface area contributed by atoms with E-state index in [9.17, 15) is 35.4 Å². The largest absolute Gasteiger partial charge is 0.507 e. The van der Waals surface area contributed by atoms with Gasteiger partial charge in [0.15, 0.2) is 28.4 Å². The summed E-state index contributed by atoms with van der Waals surface area (Å²) >= 11 is 0. The average molecular weight is 529 g/mol. The first-order valence-electron chi connectivity index (χ1n) is 10.4. The number of aliphatic hydroxyl groups is 4. The first-order valence-corrected chi connectivity index (χ1v) is 10.4. The summed E-state index contributed by atoms with van der Waals surface area (Å²) in [4.78, 5) is 11.9. The second-order valence-electron chi connectivity index (χ2n) is 7.84. The number of halogens is 1. The zero-order valence-electron chi connectivity index (χ0n) is 19.0. The summed E-state index contributed by atoms with van der Waals surface area (Å²) in [6.07, 6.45) is -7.82. The number of rotatable bonds is 6. The number of methoxy groups -OCH3 is 2. The number of phenolic OH excluding ortho intramolecular Hbond substituents is 2. The monoisotopic (exact) mass is 528 g/mol. The summed E-state index contributed by atoms with van der Waals surface area (Å²) in [6, 6.07) is 6.22. The SMILES string of the molecule is COc1cc(-c2oc3cc(=O)cc(O)c-3cc2O[C@@H]2O[C@H](CO)[C@H](O)[C@H](O)[C@H]2O)cc(OC)c1O.Cl. The molecule has 3 aliphatic rings. The van der Waals surface area contributed by atoms with Gasteiger partial charge in [-0.1, -0.05) is 0 Å². The van der Waals surface area contributed by atoms with Gasteiger partial charge in [-0.3, -0.25) is 4.79 Å². The summed E-state index contributed by atoms with van der Waals surface area (Å²) < 4.78 is 27.5. The van der Waals surface area contributed by atoms with E-state index in [0.29, 0.717) is 0 Å². The zero-order chi connectivity index (χ0) is 25.4. The molecule has 6 N–H and O–H groups in total. The van der Waals surface area contributed by atoms with Gasteiger partial charge in [0.05, 0.1) is 26.4 Å². The number of phenols is 2. The lowest BCUT2D eigenvalue weighted by Gasteiger charge is -2.39. The van der Waals surface area contributed by atoms with Crippen LogP contribution in [0.15, 0.2) is 39.5 Å². The third kappa shape index (κ3) is 4.87. The molecular formula is C23H25ClO12. The van der Waals surface area contributed by atoms with Gasteiger partial charge in [-0.05, 0) is 18.2 Å². The van der Waals surface area contributed by atoms with E-state index < -0.39 is 48.5 Å². The van der Waals surface area contributed by atoms with Crippen molar-refractivity contribution in [3.63, 3.8) is 0 Å². The molecule has 1 aromatic carbocycles. The molecule has 0 unspecified atom stereocenters. The molecule has 0 spiro atoms. The minimum atomic E-state index is -1.72. The maximum atomic E-state index is 11.9. The Morgan fingerprint density at radius 3 is 2.11 bits per heavy atom. The number of fused-ring (bicyclic) bond motifs is 1. The molecule has 0 saturated carbocycles. The number of ether oxygens (including phenoxy) is 4. The van der Waals surface area contributed by atoms with Crippen molar-refractivity contribution in [1.82, 2.24) is 0 Å². The molecular weight excluding hydrogens is 504 g/mol. The molecule has 13 heteroatoms. The Morgan fingerprint density at radius 1 is 0.889 bits per heavy atom. The quantitative estimate of drug-likeness (QED) is 0.259. The van der Waals surface area contributed by atoms with E-state index in [2.05, 4.69) is 0 Å². The molecule has 1 aliphatic carbocycles. The second kappa shape index (κ2) is 10.8. The van der Waals surface area contributed by atoms with Crippen LogP contribution in [-0.4, -0.2) is 82.2 Å². The van der Waals surface area contributed by atoms with E-state index in [4.69, 9.17) is 23.4 Å². The van der Waals surface area contributed by atoms with Crippen LogP contribution in [0.1, 0.15) is 0 Å². The molecule has 1 fully saturated rings. The van der Waals surface area contributed by atoms with Gasteiger partial charge < -0.3 is 54.0 Å². The Morgan fingerprint density at radius 2 is 1.53 bits per heavy atom. The van der Waals surface area contributed by atoms with E-state index in [1.807, 2.05) is 0 Å². The van der Waals surface area contributed by atoms with Crippen LogP contribution in [0, 0.1) is 0 Å². The fraction of sp³-hybridized carbons (Fsp3) is 0.348. The van der Waals surface area contributed by atoms with Gasteiger partial charge in [0, 0.05) is 17.7 Å². The van der Waals surface area contributed by atoms with Crippen LogP contribution in [0.2, 0.25) is 0 Å². The van der Waals surface area contributed by atoms with E-state index in [1.165, 1.54) is 32.4 Å². The predicted octanol–water partition coefficient (Wildman–Crippen LogP) is 0.440. The van der Waals surface area contributed by atoms with E-state index in [0.717, 1.165) is 12.1 Å². The van der Waals surface area contributed by atoms with Crippen molar-refractivity contribution in [1.29, 1.82) is 0 Å². The molecule has 1 aromatic rings. The van der Waals surface area contributed by atoms with Crippen LogP contribution in [0.4, 0.5) is 0 Å². The molecule has 36 heavy (non-hydrogen) atoms. The first kappa shape index (κ1) is 27.3.